The second-order valence-electron chi connectivity index (χ2n) is 5.90. The van der Waals surface area contributed by atoms with Crippen LogP contribution >= 0.6 is 11.3 Å². The fraction of sp³-hybridized carbons (Fsp3) is 0.0952. The molecule has 2 aromatic carbocycles. The molecule has 0 radical (unpaired) electrons. The van der Waals surface area contributed by atoms with Gasteiger partial charge < -0.3 is 4.42 Å². The minimum Gasteiger partial charge on any atom is -0.455 e. The minimum atomic E-state index is 0.145. The van der Waals surface area contributed by atoms with Crippen LogP contribution in [0.3, 0.4) is 0 Å². The normalized spacial score (nSPS) is 12.8. The van der Waals surface area contributed by atoms with E-state index < -0.39 is 0 Å². The molecule has 24 heavy (non-hydrogen) atoms. The zero-order valence-corrected chi connectivity index (χ0v) is 13.7. The van der Waals surface area contributed by atoms with Crippen molar-refractivity contribution in [3.8, 4) is 11.3 Å². The van der Waals surface area contributed by atoms with Gasteiger partial charge >= 0.3 is 0 Å². The van der Waals surface area contributed by atoms with Gasteiger partial charge in [-0.1, -0.05) is 12.1 Å². The van der Waals surface area contributed by atoms with E-state index in [1.807, 2.05) is 18.2 Å². The summed E-state index contributed by atoms with van der Waals surface area (Å²) in [6.45, 7) is 0.293. The standard InChI is InChI=1S/C21H15NOS/c1-12-10-18(22-11-13(12)2)16-5-3-4-14-15-6-7-19-17(8-9-24-19)21(15)23-20(14)16/h3-11H,1-2H3/i1D,2D. The minimum absolute atomic E-state index is 0.145. The molecular weight excluding hydrogens is 314 g/mol. The lowest BCUT2D eigenvalue weighted by atomic mass is 10.0. The first-order chi connectivity index (χ1) is 12.8. The maximum Gasteiger partial charge on any atom is 0.144 e. The molecule has 0 bridgehead atoms. The van der Waals surface area contributed by atoms with Gasteiger partial charge in [-0.05, 0) is 60.6 Å². The summed E-state index contributed by atoms with van der Waals surface area (Å²) >= 11 is 1.71. The van der Waals surface area contributed by atoms with Gasteiger partial charge in [0.2, 0.25) is 0 Å². The molecule has 0 saturated carbocycles. The van der Waals surface area contributed by atoms with E-state index in [9.17, 15) is 0 Å². The van der Waals surface area contributed by atoms with Gasteiger partial charge in [-0.15, -0.1) is 11.3 Å². The number of pyridine rings is 1. The number of aryl methyl sites for hydroxylation is 2. The van der Waals surface area contributed by atoms with Crippen LogP contribution < -0.4 is 0 Å². The molecule has 3 aromatic heterocycles. The second-order valence-corrected chi connectivity index (χ2v) is 6.84. The largest absolute Gasteiger partial charge is 0.455 e. The Hall–Kier alpha value is -2.65. The van der Waals surface area contributed by atoms with Crippen molar-refractivity contribution < 1.29 is 7.16 Å². The van der Waals surface area contributed by atoms with Crippen LogP contribution in [0.4, 0.5) is 0 Å². The molecule has 5 aromatic rings. The van der Waals surface area contributed by atoms with Gasteiger partial charge in [0, 0.05) is 35.4 Å². The molecule has 0 fully saturated rings. The number of rotatable bonds is 1. The van der Waals surface area contributed by atoms with Gasteiger partial charge in [-0.25, -0.2) is 0 Å². The molecule has 0 aliphatic heterocycles. The van der Waals surface area contributed by atoms with E-state index in [0.717, 1.165) is 49.7 Å². The number of fused-ring (bicyclic) bond motifs is 5. The molecule has 2 nitrogen and oxygen atoms in total. The third-order valence-corrected chi connectivity index (χ3v) is 5.34. The van der Waals surface area contributed by atoms with Gasteiger partial charge in [0.25, 0.3) is 0 Å². The number of hydrogen-bond donors (Lipinski definition) is 0. The fourth-order valence-corrected chi connectivity index (χ4v) is 3.96. The molecule has 3 heteroatoms. The molecule has 0 N–H and O–H groups in total. The SMILES string of the molecule is [2H]Cc1cnc(-c2cccc3c2oc2c4ccsc4ccc32)cc1C[2H]. The third-order valence-electron chi connectivity index (χ3n) is 4.45. The topological polar surface area (TPSA) is 26.0 Å². The van der Waals surface area contributed by atoms with Crippen LogP contribution in [0.2, 0.25) is 0 Å². The Labute approximate surface area is 146 Å². The molecular formula is C21H15NOS. The highest BCUT2D eigenvalue weighted by Gasteiger charge is 2.15. The molecule has 5 rings (SSSR count). The highest BCUT2D eigenvalue weighted by atomic mass is 32.1. The molecule has 0 atom stereocenters. The zero-order valence-electron chi connectivity index (χ0n) is 14.9. The summed E-state index contributed by atoms with van der Waals surface area (Å²) in [7, 11) is 0. The van der Waals surface area contributed by atoms with Gasteiger partial charge in [-0.2, -0.15) is 0 Å². The van der Waals surface area contributed by atoms with Crippen LogP contribution in [-0.2, 0) is 0 Å². The number of thiophene rings is 1. The van der Waals surface area contributed by atoms with Crippen molar-refractivity contribution in [1.82, 2.24) is 4.98 Å². The number of aromatic nitrogens is 1. The smallest absolute Gasteiger partial charge is 0.144 e. The van der Waals surface area contributed by atoms with Crippen molar-refractivity contribution in [3.05, 3.63) is 65.2 Å². The van der Waals surface area contributed by atoms with Crippen LogP contribution in [0.25, 0.3) is 43.3 Å². The Morgan fingerprint density at radius 1 is 0.958 bits per heavy atom. The Morgan fingerprint density at radius 2 is 1.88 bits per heavy atom. The Balaban J connectivity index is 1.82. The van der Waals surface area contributed by atoms with E-state index in [2.05, 4.69) is 34.6 Å². The van der Waals surface area contributed by atoms with Crippen LogP contribution in [0, 0.1) is 13.8 Å². The van der Waals surface area contributed by atoms with Crippen LogP contribution in [0.5, 0.6) is 0 Å². The van der Waals surface area contributed by atoms with Crippen LogP contribution in [-0.4, -0.2) is 4.98 Å². The van der Waals surface area contributed by atoms with Crippen molar-refractivity contribution in [3.63, 3.8) is 0 Å². The van der Waals surface area contributed by atoms with Crippen molar-refractivity contribution >= 4 is 43.4 Å². The highest BCUT2D eigenvalue weighted by molar-refractivity contribution is 7.17. The predicted molar refractivity (Wildman–Crippen MR) is 102 cm³/mol. The quantitative estimate of drug-likeness (QED) is 0.351. The number of nitrogens with zero attached hydrogens (tertiary/aromatic N) is 1. The van der Waals surface area contributed by atoms with E-state index in [1.54, 1.807) is 17.5 Å². The van der Waals surface area contributed by atoms with Gasteiger partial charge in [0.1, 0.15) is 11.2 Å². The van der Waals surface area contributed by atoms with Crippen LogP contribution in [0.15, 0.2) is 58.5 Å². The number of hydrogen-bond acceptors (Lipinski definition) is 3. The van der Waals surface area contributed by atoms with Crippen molar-refractivity contribution in [2.45, 2.75) is 13.8 Å². The summed E-state index contributed by atoms with van der Waals surface area (Å²) in [6.07, 6.45) is 1.71. The monoisotopic (exact) mass is 331 g/mol. The first-order valence-corrected chi connectivity index (χ1v) is 8.56. The zero-order chi connectivity index (χ0) is 17.7. The summed E-state index contributed by atoms with van der Waals surface area (Å²) in [6, 6.07) is 14.4. The van der Waals surface area contributed by atoms with Crippen molar-refractivity contribution in [1.29, 1.82) is 0 Å². The molecule has 0 spiro atoms. The first-order valence-electron chi connectivity index (χ1n) is 9.09. The van der Waals surface area contributed by atoms with Crippen LogP contribution in [0.1, 0.15) is 13.9 Å². The average Bonchev–Trinajstić information content (AvgIpc) is 3.31. The lowest BCUT2D eigenvalue weighted by Gasteiger charge is -2.05. The molecule has 0 aliphatic rings. The highest BCUT2D eigenvalue weighted by Crippen LogP contribution is 2.39. The van der Waals surface area contributed by atoms with Gasteiger partial charge in [-0.3, -0.25) is 4.98 Å². The second kappa shape index (κ2) is 4.92. The summed E-state index contributed by atoms with van der Waals surface area (Å²) in [5.41, 5.74) is 5.10. The maximum atomic E-state index is 7.74. The lowest BCUT2D eigenvalue weighted by molar-refractivity contribution is 0.673. The van der Waals surface area contributed by atoms with E-state index in [0.29, 0.717) is 0 Å². The molecule has 0 unspecified atom stereocenters. The Bertz CT molecular complexity index is 1270. The lowest BCUT2D eigenvalue weighted by Crippen LogP contribution is -1.88. The molecule has 0 aliphatic carbocycles. The maximum absolute atomic E-state index is 7.74. The molecule has 0 amide bonds. The van der Waals surface area contributed by atoms with E-state index in [4.69, 9.17) is 7.16 Å². The predicted octanol–water partition coefficient (Wildman–Crippen LogP) is 6.48. The van der Waals surface area contributed by atoms with E-state index in [1.165, 1.54) is 4.70 Å². The molecule has 3 heterocycles. The van der Waals surface area contributed by atoms with Gasteiger partial charge in [0.05, 0.1) is 5.69 Å². The molecule has 116 valence electrons. The molecule has 0 saturated heterocycles. The Morgan fingerprint density at radius 3 is 2.79 bits per heavy atom. The number of benzene rings is 2. The number of para-hydroxylation sites is 1. The summed E-state index contributed by atoms with van der Waals surface area (Å²) in [4.78, 5) is 4.54. The first kappa shape index (κ1) is 11.8. The van der Waals surface area contributed by atoms with Crippen molar-refractivity contribution in [2.75, 3.05) is 0 Å². The summed E-state index contributed by atoms with van der Waals surface area (Å²) in [5.74, 6) is 0. The summed E-state index contributed by atoms with van der Waals surface area (Å²) < 4.78 is 22.9. The number of furan rings is 1. The summed E-state index contributed by atoms with van der Waals surface area (Å²) in [5, 5.41) is 5.40. The van der Waals surface area contributed by atoms with E-state index in [-0.39, 0.29) is 13.8 Å². The average molecular weight is 331 g/mol. The Kier molecular flexibility index (Phi) is 2.42. The van der Waals surface area contributed by atoms with Gasteiger partial charge in [0.15, 0.2) is 0 Å². The van der Waals surface area contributed by atoms with E-state index >= 15 is 0 Å². The fourth-order valence-electron chi connectivity index (χ4n) is 3.17. The van der Waals surface area contributed by atoms with Crippen molar-refractivity contribution in [2.24, 2.45) is 0 Å². The third kappa shape index (κ3) is 1.85.